The summed E-state index contributed by atoms with van der Waals surface area (Å²) >= 11 is 0. The first-order valence-corrected chi connectivity index (χ1v) is 8.68. The van der Waals surface area contributed by atoms with Crippen LogP contribution in [0.5, 0.6) is 0 Å². The molecule has 3 aliphatic rings. The molecule has 0 radical (unpaired) electrons. The number of piperidine rings is 1. The van der Waals surface area contributed by atoms with Crippen molar-refractivity contribution in [2.24, 2.45) is 0 Å². The smallest absolute Gasteiger partial charge is 0.0897 e. The van der Waals surface area contributed by atoms with Gasteiger partial charge in [-0.3, -0.25) is 4.90 Å². The molecule has 3 heterocycles. The predicted molar refractivity (Wildman–Crippen MR) is 81.4 cm³/mol. The predicted octanol–water partition coefficient (Wildman–Crippen LogP) is 0.759. The van der Waals surface area contributed by atoms with Gasteiger partial charge in [0.1, 0.15) is 0 Å². The standard InChI is InChI=1S/C16H30N2O3/c19-13(11-20-12-14-4-3-9-21-14)10-17-15-6-8-18-7-2-1-5-16(15)18/h13-17,19H,1-12H2. The molecule has 3 aliphatic heterocycles. The minimum absolute atomic E-state index is 0.246. The summed E-state index contributed by atoms with van der Waals surface area (Å²) in [4.78, 5) is 2.61. The Morgan fingerprint density at radius 2 is 2.14 bits per heavy atom. The fraction of sp³-hybridized carbons (Fsp3) is 1.00. The molecule has 0 bridgehead atoms. The quantitative estimate of drug-likeness (QED) is 0.727. The maximum absolute atomic E-state index is 10.0. The van der Waals surface area contributed by atoms with Gasteiger partial charge in [0.05, 0.1) is 25.4 Å². The third kappa shape index (κ3) is 4.39. The number of nitrogens with zero attached hydrogens (tertiary/aromatic N) is 1. The maximum atomic E-state index is 10.0. The van der Waals surface area contributed by atoms with Crippen molar-refractivity contribution in [2.75, 3.05) is 39.5 Å². The van der Waals surface area contributed by atoms with Gasteiger partial charge in [-0.2, -0.15) is 0 Å². The molecule has 0 aliphatic carbocycles. The summed E-state index contributed by atoms with van der Waals surface area (Å²) in [6.07, 6.45) is 7.29. The van der Waals surface area contributed by atoms with Crippen LogP contribution in [0.3, 0.4) is 0 Å². The molecule has 0 amide bonds. The van der Waals surface area contributed by atoms with Gasteiger partial charge < -0.3 is 19.9 Å². The Hall–Kier alpha value is -0.200. The molecule has 0 spiro atoms. The van der Waals surface area contributed by atoms with Gasteiger partial charge in [-0.05, 0) is 38.6 Å². The molecule has 5 nitrogen and oxygen atoms in total. The van der Waals surface area contributed by atoms with Crippen molar-refractivity contribution in [3.05, 3.63) is 0 Å². The maximum Gasteiger partial charge on any atom is 0.0897 e. The van der Waals surface area contributed by atoms with Gasteiger partial charge in [0, 0.05) is 31.8 Å². The lowest BCUT2D eigenvalue weighted by Crippen LogP contribution is -2.47. The zero-order chi connectivity index (χ0) is 14.5. The topological polar surface area (TPSA) is 54.0 Å². The third-order valence-electron chi connectivity index (χ3n) is 5.11. The molecule has 0 aromatic carbocycles. The number of hydrogen-bond donors (Lipinski definition) is 2. The van der Waals surface area contributed by atoms with Gasteiger partial charge in [0.15, 0.2) is 0 Å². The number of rotatable bonds is 7. The van der Waals surface area contributed by atoms with Crippen LogP contribution in [0.25, 0.3) is 0 Å². The summed E-state index contributed by atoms with van der Waals surface area (Å²) in [6.45, 7) is 5.01. The largest absolute Gasteiger partial charge is 0.389 e. The fourth-order valence-corrected chi connectivity index (χ4v) is 3.94. The normalized spacial score (nSPS) is 35.0. The average molecular weight is 298 g/mol. The average Bonchev–Trinajstić information content (AvgIpc) is 3.14. The molecule has 122 valence electrons. The Labute approximate surface area is 128 Å². The molecule has 3 fully saturated rings. The van der Waals surface area contributed by atoms with E-state index in [1.807, 2.05) is 0 Å². The van der Waals surface area contributed by atoms with Gasteiger partial charge in [0.25, 0.3) is 0 Å². The van der Waals surface area contributed by atoms with Crippen LogP contribution in [0.1, 0.15) is 38.5 Å². The molecular formula is C16H30N2O3. The van der Waals surface area contributed by atoms with E-state index in [2.05, 4.69) is 10.2 Å². The molecule has 0 aromatic heterocycles. The second-order valence-electron chi connectivity index (χ2n) is 6.73. The van der Waals surface area contributed by atoms with E-state index < -0.39 is 6.10 Å². The van der Waals surface area contributed by atoms with E-state index in [4.69, 9.17) is 9.47 Å². The lowest BCUT2D eigenvalue weighted by atomic mass is 9.99. The summed E-state index contributed by atoms with van der Waals surface area (Å²) in [5.74, 6) is 0. The number of ether oxygens (including phenoxy) is 2. The lowest BCUT2D eigenvalue weighted by molar-refractivity contribution is -0.0172. The molecule has 0 aromatic rings. The summed E-state index contributed by atoms with van der Waals surface area (Å²) in [5.41, 5.74) is 0. The molecule has 3 saturated heterocycles. The Morgan fingerprint density at radius 3 is 3.00 bits per heavy atom. The highest BCUT2D eigenvalue weighted by Gasteiger charge is 2.35. The van der Waals surface area contributed by atoms with Gasteiger partial charge in [-0.15, -0.1) is 0 Å². The van der Waals surface area contributed by atoms with E-state index in [1.54, 1.807) is 0 Å². The van der Waals surface area contributed by atoms with Crippen molar-refractivity contribution in [3.63, 3.8) is 0 Å². The van der Waals surface area contributed by atoms with Crippen LogP contribution in [0, 0.1) is 0 Å². The zero-order valence-corrected chi connectivity index (χ0v) is 13.0. The highest BCUT2D eigenvalue weighted by atomic mass is 16.5. The Kier molecular flexibility index (Phi) is 5.89. The molecule has 4 unspecified atom stereocenters. The SMILES string of the molecule is OC(CNC1CCN2CCCCC12)COCC1CCCO1. The highest BCUT2D eigenvalue weighted by Crippen LogP contribution is 2.27. The minimum Gasteiger partial charge on any atom is -0.389 e. The van der Waals surface area contributed by atoms with Crippen LogP contribution in [0.4, 0.5) is 0 Å². The van der Waals surface area contributed by atoms with Crippen molar-refractivity contribution in [1.82, 2.24) is 10.2 Å². The van der Waals surface area contributed by atoms with Crippen molar-refractivity contribution in [3.8, 4) is 0 Å². The van der Waals surface area contributed by atoms with Crippen LogP contribution >= 0.6 is 0 Å². The van der Waals surface area contributed by atoms with E-state index in [-0.39, 0.29) is 6.10 Å². The summed E-state index contributed by atoms with van der Waals surface area (Å²) < 4.78 is 11.1. The number of aliphatic hydroxyl groups is 1. The van der Waals surface area contributed by atoms with Gasteiger partial charge in [-0.25, -0.2) is 0 Å². The van der Waals surface area contributed by atoms with Crippen LogP contribution in [-0.2, 0) is 9.47 Å². The van der Waals surface area contributed by atoms with Crippen molar-refractivity contribution in [2.45, 2.75) is 62.8 Å². The van der Waals surface area contributed by atoms with Crippen LogP contribution in [0.15, 0.2) is 0 Å². The van der Waals surface area contributed by atoms with E-state index in [0.717, 1.165) is 19.4 Å². The number of nitrogens with one attached hydrogen (secondary N) is 1. The summed E-state index contributed by atoms with van der Waals surface area (Å²) in [5, 5.41) is 13.6. The first kappa shape index (κ1) is 15.7. The second-order valence-corrected chi connectivity index (χ2v) is 6.73. The summed E-state index contributed by atoms with van der Waals surface area (Å²) in [6, 6.07) is 1.25. The minimum atomic E-state index is -0.413. The van der Waals surface area contributed by atoms with Crippen molar-refractivity contribution < 1.29 is 14.6 Å². The number of aliphatic hydroxyl groups excluding tert-OH is 1. The van der Waals surface area contributed by atoms with Crippen molar-refractivity contribution in [1.29, 1.82) is 0 Å². The van der Waals surface area contributed by atoms with Gasteiger partial charge >= 0.3 is 0 Å². The monoisotopic (exact) mass is 298 g/mol. The summed E-state index contributed by atoms with van der Waals surface area (Å²) in [7, 11) is 0. The first-order chi connectivity index (χ1) is 10.3. The van der Waals surface area contributed by atoms with Gasteiger partial charge in [0.2, 0.25) is 0 Å². The molecule has 5 heteroatoms. The Balaban J connectivity index is 1.29. The van der Waals surface area contributed by atoms with Gasteiger partial charge in [-0.1, -0.05) is 6.42 Å². The highest BCUT2D eigenvalue weighted by molar-refractivity contribution is 4.94. The van der Waals surface area contributed by atoms with E-state index in [1.165, 1.54) is 38.8 Å². The Morgan fingerprint density at radius 1 is 1.19 bits per heavy atom. The molecule has 0 saturated carbocycles. The molecule has 3 rings (SSSR count). The van der Waals surface area contributed by atoms with E-state index in [0.29, 0.717) is 31.8 Å². The molecular weight excluding hydrogens is 268 g/mol. The Bertz CT molecular complexity index is 310. The fourth-order valence-electron chi connectivity index (χ4n) is 3.94. The second kappa shape index (κ2) is 7.88. The molecule has 21 heavy (non-hydrogen) atoms. The lowest BCUT2D eigenvalue weighted by Gasteiger charge is -2.33. The first-order valence-electron chi connectivity index (χ1n) is 8.68. The molecule has 4 atom stereocenters. The number of hydrogen-bond acceptors (Lipinski definition) is 5. The zero-order valence-electron chi connectivity index (χ0n) is 13.0. The van der Waals surface area contributed by atoms with Crippen molar-refractivity contribution >= 4 is 0 Å². The van der Waals surface area contributed by atoms with E-state index in [9.17, 15) is 5.11 Å². The van der Waals surface area contributed by atoms with E-state index >= 15 is 0 Å². The van der Waals surface area contributed by atoms with Crippen LogP contribution in [-0.4, -0.2) is 73.8 Å². The number of fused-ring (bicyclic) bond motifs is 1. The molecule has 2 N–H and O–H groups in total. The van der Waals surface area contributed by atoms with Crippen LogP contribution in [0.2, 0.25) is 0 Å². The van der Waals surface area contributed by atoms with Crippen LogP contribution < -0.4 is 5.32 Å². The third-order valence-corrected chi connectivity index (χ3v) is 5.11.